The van der Waals surface area contributed by atoms with Gasteiger partial charge in [-0.1, -0.05) is 41.9 Å². The minimum Gasteiger partial charge on any atom is -0.396 e. The molecular formula is C15H15ClN2. The second-order valence-electron chi connectivity index (χ2n) is 4.72. The molecule has 2 aromatic carbocycles. The lowest BCUT2D eigenvalue weighted by Crippen LogP contribution is -2.20. The van der Waals surface area contributed by atoms with Crippen molar-refractivity contribution in [2.45, 2.75) is 18.9 Å². The van der Waals surface area contributed by atoms with Crippen LogP contribution in [0.3, 0.4) is 0 Å². The van der Waals surface area contributed by atoms with Crippen LogP contribution in [0.15, 0.2) is 42.5 Å². The molecule has 0 bridgehead atoms. The van der Waals surface area contributed by atoms with Gasteiger partial charge in [0.15, 0.2) is 0 Å². The van der Waals surface area contributed by atoms with Crippen LogP contribution >= 0.6 is 11.6 Å². The Kier molecular flexibility index (Phi) is 2.88. The van der Waals surface area contributed by atoms with Crippen molar-refractivity contribution in [2.75, 3.05) is 11.1 Å². The topological polar surface area (TPSA) is 38.0 Å². The second-order valence-corrected chi connectivity index (χ2v) is 5.13. The van der Waals surface area contributed by atoms with E-state index in [4.69, 9.17) is 17.3 Å². The molecule has 92 valence electrons. The van der Waals surface area contributed by atoms with Crippen LogP contribution in [0.1, 0.15) is 11.1 Å². The lowest BCUT2D eigenvalue weighted by Gasteiger charge is -2.16. The number of halogens is 1. The van der Waals surface area contributed by atoms with Gasteiger partial charge in [-0.2, -0.15) is 0 Å². The zero-order valence-electron chi connectivity index (χ0n) is 9.99. The molecule has 2 nitrogen and oxygen atoms in total. The highest BCUT2D eigenvalue weighted by molar-refractivity contribution is 6.33. The van der Waals surface area contributed by atoms with Crippen LogP contribution in [0.5, 0.6) is 0 Å². The molecule has 0 amide bonds. The molecule has 3 rings (SSSR count). The van der Waals surface area contributed by atoms with E-state index >= 15 is 0 Å². The van der Waals surface area contributed by atoms with E-state index in [2.05, 4.69) is 29.6 Å². The summed E-state index contributed by atoms with van der Waals surface area (Å²) in [6.07, 6.45) is 2.09. The highest BCUT2D eigenvalue weighted by Gasteiger charge is 2.21. The fourth-order valence-corrected chi connectivity index (χ4v) is 2.72. The first-order valence-corrected chi connectivity index (χ1v) is 6.49. The Balaban J connectivity index is 1.78. The summed E-state index contributed by atoms with van der Waals surface area (Å²) < 4.78 is 0. The van der Waals surface area contributed by atoms with Crippen molar-refractivity contribution in [3.8, 4) is 0 Å². The van der Waals surface area contributed by atoms with Gasteiger partial charge in [0.1, 0.15) is 0 Å². The molecule has 3 N–H and O–H groups in total. The lowest BCUT2D eigenvalue weighted by atomic mass is 10.1. The molecule has 3 heteroatoms. The van der Waals surface area contributed by atoms with Gasteiger partial charge in [0.25, 0.3) is 0 Å². The molecule has 1 aliphatic carbocycles. The van der Waals surface area contributed by atoms with Gasteiger partial charge < -0.3 is 11.1 Å². The van der Waals surface area contributed by atoms with Gasteiger partial charge in [0.2, 0.25) is 0 Å². The molecule has 18 heavy (non-hydrogen) atoms. The van der Waals surface area contributed by atoms with E-state index in [1.165, 1.54) is 11.1 Å². The molecule has 0 radical (unpaired) electrons. The Hall–Kier alpha value is -1.67. The number of nitrogens with one attached hydrogen (secondary N) is 1. The zero-order valence-corrected chi connectivity index (χ0v) is 10.7. The van der Waals surface area contributed by atoms with Crippen LogP contribution in [0, 0.1) is 0 Å². The quantitative estimate of drug-likeness (QED) is 0.809. The third kappa shape index (κ3) is 2.04. The van der Waals surface area contributed by atoms with Crippen molar-refractivity contribution in [3.05, 3.63) is 58.6 Å². The summed E-state index contributed by atoms with van der Waals surface area (Å²) in [6, 6.07) is 14.7. The van der Waals surface area contributed by atoms with Gasteiger partial charge in [-0.25, -0.2) is 0 Å². The highest BCUT2D eigenvalue weighted by atomic mass is 35.5. The van der Waals surface area contributed by atoms with E-state index in [0.29, 0.717) is 16.8 Å². The maximum Gasteiger partial charge on any atom is 0.0739 e. The van der Waals surface area contributed by atoms with Crippen LogP contribution in [0.25, 0.3) is 0 Å². The van der Waals surface area contributed by atoms with Crippen LogP contribution in [-0.2, 0) is 12.8 Å². The summed E-state index contributed by atoms with van der Waals surface area (Å²) in [5.74, 6) is 0. The molecule has 0 saturated carbocycles. The van der Waals surface area contributed by atoms with E-state index in [9.17, 15) is 0 Å². The average Bonchev–Trinajstić information content (AvgIpc) is 2.77. The summed E-state index contributed by atoms with van der Waals surface area (Å²) in [5, 5.41) is 4.09. The molecule has 0 aromatic heterocycles. The molecule has 0 spiro atoms. The maximum atomic E-state index is 6.02. The Morgan fingerprint density at radius 2 is 1.67 bits per heavy atom. The van der Waals surface area contributed by atoms with Crippen molar-refractivity contribution < 1.29 is 0 Å². The van der Waals surface area contributed by atoms with Crippen LogP contribution in [0.4, 0.5) is 11.4 Å². The smallest absolute Gasteiger partial charge is 0.0739 e. The lowest BCUT2D eigenvalue weighted by molar-refractivity contribution is 0.775. The number of hydrogen-bond acceptors (Lipinski definition) is 2. The molecular weight excluding hydrogens is 244 g/mol. The predicted molar refractivity (Wildman–Crippen MR) is 77.1 cm³/mol. The Morgan fingerprint density at radius 1 is 1.00 bits per heavy atom. The maximum absolute atomic E-state index is 6.02. The molecule has 0 saturated heterocycles. The minimum atomic E-state index is 0.406. The van der Waals surface area contributed by atoms with Crippen molar-refractivity contribution >= 4 is 23.0 Å². The number of anilines is 2. The first-order chi connectivity index (χ1) is 8.74. The monoisotopic (exact) mass is 258 g/mol. The van der Waals surface area contributed by atoms with Crippen molar-refractivity contribution in [2.24, 2.45) is 0 Å². The van der Waals surface area contributed by atoms with Gasteiger partial charge in [-0.3, -0.25) is 0 Å². The number of nitrogens with two attached hydrogens (primary N) is 1. The molecule has 1 aliphatic rings. The number of nitrogen functional groups attached to an aromatic ring is 1. The van der Waals surface area contributed by atoms with Gasteiger partial charge in [0, 0.05) is 6.04 Å². The summed E-state index contributed by atoms with van der Waals surface area (Å²) in [5.41, 5.74) is 10.4. The average molecular weight is 259 g/mol. The molecule has 2 aromatic rings. The Labute approximate surface area is 112 Å². The normalized spacial score (nSPS) is 14.5. The zero-order chi connectivity index (χ0) is 12.5. The van der Waals surface area contributed by atoms with Crippen molar-refractivity contribution in [1.82, 2.24) is 0 Å². The van der Waals surface area contributed by atoms with Gasteiger partial charge in [0.05, 0.1) is 16.4 Å². The predicted octanol–water partition coefficient (Wildman–Crippen LogP) is 3.50. The largest absolute Gasteiger partial charge is 0.396 e. The van der Waals surface area contributed by atoms with Crippen LogP contribution < -0.4 is 11.1 Å². The summed E-state index contributed by atoms with van der Waals surface area (Å²) >= 11 is 6.02. The fraction of sp³-hybridized carbons (Fsp3) is 0.200. The Bertz CT molecular complexity index is 555. The number of para-hydroxylation sites is 1. The van der Waals surface area contributed by atoms with E-state index in [1.807, 2.05) is 18.2 Å². The standard InChI is InChI=1S/C15H15ClN2/c16-13-6-3-7-14(15(13)17)18-12-8-10-4-1-2-5-11(10)9-12/h1-7,12,18H,8-9,17H2. The molecule has 0 atom stereocenters. The summed E-state index contributed by atoms with van der Waals surface area (Å²) in [7, 11) is 0. The highest BCUT2D eigenvalue weighted by Crippen LogP contribution is 2.30. The van der Waals surface area contributed by atoms with Gasteiger partial charge in [-0.15, -0.1) is 0 Å². The molecule has 0 aliphatic heterocycles. The second kappa shape index (κ2) is 4.54. The number of hydrogen-bond donors (Lipinski definition) is 2. The number of fused-ring (bicyclic) bond motifs is 1. The molecule has 0 heterocycles. The fourth-order valence-electron chi connectivity index (χ4n) is 2.54. The molecule has 0 unspecified atom stereocenters. The van der Waals surface area contributed by atoms with E-state index in [-0.39, 0.29) is 0 Å². The van der Waals surface area contributed by atoms with E-state index in [1.54, 1.807) is 0 Å². The van der Waals surface area contributed by atoms with Crippen LogP contribution in [0.2, 0.25) is 5.02 Å². The third-order valence-corrected chi connectivity index (χ3v) is 3.79. The number of rotatable bonds is 2. The van der Waals surface area contributed by atoms with Gasteiger partial charge in [-0.05, 0) is 36.1 Å². The number of benzene rings is 2. The minimum absolute atomic E-state index is 0.406. The summed E-state index contributed by atoms with van der Waals surface area (Å²) in [6.45, 7) is 0. The van der Waals surface area contributed by atoms with Crippen molar-refractivity contribution in [1.29, 1.82) is 0 Å². The van der Waals surface area contributed by atoms with E-state index in [0.717, 1.165) is 18.5 Å². The van der Waals surface area contributed by atoms with Gasteiger partial charge >= 0.3 is 0 Å². The summed E-state index contributed by atoms with van der Waals surface area (Å²) in [4.78, 5) is 0. The first kappa shape index (κ1) is 11.4. The van der Waals surface area contributed by atoms with Crippen LogP contribution in [-0.4, -0.2) is 6.04 Å². The SMILES string of the molecule is Nc1c(Cl)cccc1NC1Cc2ccccc2C1. The van der Waals surface area contributed by atoms with E-state index < -0.39 is 0 Å². The van der Waals surface area contributed by atoms with Crippen molar-refractivity contribution in [3.63, 3.8) is 0 Å². The third-order valence-electron chi connectivity index (χ3n) is 3.46. The Morgan fingerprint density at radius 3 is 2.33 bits per heavy atom. The molecule has 0 fully saturated rings. The first-order valence-electron chi connectivity index (χ1n) is 6.11.